The number of hydrogen-bond acceptors (Lipinski definition) is 2. The minimum absolute atomic E-state index is 0.844. The van der Waals surface area contributed by atoms with Crippen LogP contribution < -0.4 is 5.73 Å². The summed E-state index contributed by atoms with van der Waals surface area (Å²) in [7, 11) is 0. The van der Waals surface area contributed by atoms with Crippen molar-refractivity contribution in [2.24, 2.45) is 0 Å². The molecule has 2 N–H and O–H groups in total. The maximum Gasteiger partial charge on any atom is 0.0455 e. The number of nitrogens with two attached hydrogens (primary N) is 1. The fourth-order valence-corrected chi connectivity index (χ4v) is 3.00. The Balaban J connectivity index is 2.40. The van der Waals surface area contributed by atoms with Crippen LogP contribution in [0.15, 0.2) is 46.2 Å². The van der Waals surface area contributed by atoms with E-state index in [1.807, 2.05) is 18.2 Å². The predicted molar refractivity (Wildman–Crippen MR) is 75.6 cm³/mol. The van der Waals surface area contributed by atoms with E-state index >= 15 is 0 Å². The molecule has 0 heterocycles. The van der Waals surface area contributed by atoms with E-state index < -0.39 is 0 Å². The lowest BCUT2D eigenvalue weighted by Gasteiger charge is -2.12. The van der Waals surface area contributed by atoms with Crippen LogP contribution in [0.2, 0.25) is 0 Å². The summed E-state index contributed by atoms with van der Waals surface area (Å²) in [4.78, 5) is 2.44. The number of hydrogen-bond donors (Lipinski definition) is 1. The van der Waals surface area contributed by atoms with Crippen LogP contribution in [-0.2, 0) is 0 Å². The number of aryl methyl sites for hydroxylation is 3. The molecule has 0 unspecified atom stereocenters. The Kier molecular flexibility index (Phi) is 3.43. The topological polar surface area (TPSA) is 26.0 Å². The van der Waals surface area contributed by atoms with Crippen LogP contribution in [0, 0.1) is 20.8 Å². The van der Waals surface area contributed by atoms with E-state index in [4.69, 9.17) is 5.73 Å². The quantitative estimate of drug-likeness (QED) is 0.794. The molecule has 1 nitrogen and oxygen atoms in total. The van der Waals surface area contributed by atoms with Crippen molar-refractivity contribution in [3.63, 3.8) is 0 Å². The van der Waals surface area contributed by atoms with Crippen molar-refractivity contribution in [2.45, 2.75) is 30.6 Å². The summed E-state index contributed by atoms with van der Waals surface area (Å²) in [6, 6.07) is 12.4. The number of rotatable bonds is 2. The van der Waals surface area contributed by atoms with Gasteiger partial charge in [0.1, 0.15) is 0 Å². The van der Waals surface area contributed by atoms with Gasteiger partial charge in [-0.05, 0) is 44.0 Å². The number of benzene rings is 2. The lowest BCUT2D eigenvalue weighted by atomic mass is 10.1. The molecule has 2 aromatic carbocycles. The smallest absolute Gasteiger partial charge is 0.0455 e. The lowest BCUT2D eigenvalue weighted by Crippen LogP contribution is -1.91. The second-order valence-corrected chi connectivity index (χ2v) is 5.42. The molecule has 0 saturated heterocycles. The van der Waals surface area contributed by atoms with Gasteiger partial charge in [0.2, 0.25) is 0 Å². The van der Waals surface area contributed by atoms with E-state index in [1.165, 1.54) is 21.6 Å². The molecular weight excluding hydrogens is 226 g/mol. The number of anilines is 1. The third kappa shape index (κ3) is 2.64. The first-order valence-corrected chi connectivity index (χ1v) is 6.50. The second kappa shape index (κ2) is 4.84. The van der Waals surface area contributed by atoms with Crippen molar-refractivity contribution in [3.8, 4) is 0 Å². The van der Waals surface area contributed by atoms with Crippen LogP contribution in [0.5, 0.6) is 0 Å². The van der Waals surface area contributed by atoms with Crippen molar-refractivity contribution in [3.05, 3.63) is 53.1 Å². The standard InChI is InChI=1S/C15H17NS/c1-10-8-11(2)15(12(3)9-10)17-14-7-5-4-6-13(14)16/h4-9H,16H2,1-3H3. The van der Waals surface area contributed by atoms with Gasteiger partial charge in [-0.2, -0.15) is 0 Å². The zero-order valence-corrected chi connectivity index (χ0v) is 11.3. The molecule has 0 bridgehead atoms. The summed E-state index contributed by atoms with van der Waals surface area (Å²) in [6.07, 6.45) is 0. The zero-order chi connectivity index (χ0) is 12.4. The molecule has 0 aliphatic rings. The number of nitrogen functional groups attached to an aromatic ring is 1. The molecule has 0 radical (unpaired) electrons. The van der Waals surface area contributed by atoms with Crippen LogP contribution in [0.1, 0.15) is 16.7 Å². The van der Waals surface area contributed by atoms with Gasteiger partial charge in [-0.1, -0.05) is 41.6 Å². The van der Waals surface area contributed by atoms with Crippen molar-refractivity contribution < 1.29 is 0 Å². The average molecular weight is 243 g/mol. The molecule has 0 amide bonds. The first kappa shape index (κ1) is 12.1. The highest BCUT2D eigenvalue weighted by atomic mass is 32.2. The SMILES string of the molecule is Cc1cc(C)c(Sc2ccccc2N)c(C)c1. The summed E-state index contributed by atoms with van der Waals surface area (Å²) < 4.78 is 0. The van der Waals surface area contributed by atoms with Crippen LogP contribution in [0.4, 0.5) is 5.69 Å². The van der Waals surface area contributed by atoms with Crippen LogP contribution in [0.25, 0.3) is 0 Å². The normalized spacial score (nSPS) is 10.5. The third-order valence-electron chi connectivity index (χ3n) is 2.74. The summed E-state index contributed by atoms with van der Waals surface area (Å²) >= 11 is 1.75. The molecule has 17 heavy (non-hydrogen) atoms. The van der Waals surface area contributed by atoms with Gasteiger partial charge in [0.15, 0.2) is 0 Å². The van der Waals surface area contributed by atoms with Gasteiger partial charge >= 0.3 is 0 Å². The van der Waals surface area contributed by atoms with E-state index in [0.29, 0.717) is 0 Å². The Bertz CT molecular complexity index is 523. The Morgan fingerprint density at radius 2 is 1.53 bits per heavy atom. The van der Waals surface area contributed by atoms with Gasteiger partial charge in [0.05, 0.1) is 0 Å². The minimum Gasteiger partial charge on any atom is -0.398 e. The monoisotopic (exact) mass is 243 g/mol. The Hall–Kier alpha value is -1.41. The number of para-hydroxylation sites is 1. The molecule has 2 heteroatoms. The molecule has 88 valence electrons. The van der Waals surface area contributed by atoms with Crippen LogP contribution >= 0.6 is 11.8 Å². The van der Waals surface area contributed by atoms with E-state index in [9.17, 15) is 0 Å². The Morgan fingerprint density at radius 1 is 0.941 bits per heavy atom. The first-order chi connectivity index (χ1) is 8.08. The third-order valence-corrected chi connectivity index (χ3v) is 4.18. The lowest BCUT2D eigenvalue weighted by molar-refractivity contribution is 1.19. The van der Waals surface area contributed by atoms with Crippen molar-refractivity contribution in [1.82, 2.24) is 0 Å². The van der Waals surface area contributed by atoms with Gasteiger partial charge in [-0.3, -0.25) is 0 Å². The van der Waals surface area contributed by atoms with Crippen molar-refractivity contribution in [1.29, 1.82) is 0 Å². The molecule has 0 fully saturated rings. The molecule has 2 aromatic rings. The van der Waals surface area contributed by atoms with E-state index in [2.05, 4.69) is 39.0 Å². The van der Waals surface area contributed by atoms with E-state index in [0.717, 1.165) is 10.6 Å². The second-order valence-electron chi connectivity index (χ2n) is 4.37. The molecule has 0 aliphatic carbocycles. The maximum atomic E-state index is 5.98. The summed E-state index contributed by atoms with van der Waals surface area (Å²) in [5, 5.41) is 0. The van der Waals surface area contributed by atoms with E-state index in [-0.39, 0.29) is 0 Å². The van der Waals surface area contributed by atoms with Crippen LogP contribution in [0.3, 0.4) is 0 Å². The highest BCUT2D eigenvalue weighted by Crippen LogP contribution is 2.36. The largest absolute Gasteiger partial charge is 0.398 e. The van der Waals surface area contributed by atoms with Crippen LogP contribution in [-0.4, -0.2) is 0 Å². The summed E-state index contributed by atoms with van der Waals surface area (Å²) in [5.74, 6) is 0. The summed E-state index contributed by atoms with van der Waals surface area (Å²) in [5.41, 5.74) is 10.8. The fraction of sp³-hybridized carbons (Fsp3) is 0.200. The van der Waals surface area contributed by atoms with Crippen molar-refractivity contribution >= 4 is 17.4 Å². The molecular formula is C15H17NS. The molecule has 0 saturated carbocycles. The zero-order valence-electron chi connectivity index (χ0n) is 10.4. The maximum absolute atomic E-state index is 5.98. The van der Waals surface area contributed by atoms with Gasteiger partial charge < -0.3 is 5.73 Å². The predicted octanol–water partition coefficient (Wildman–Crippen LogP) is 4.35. The Morgan fingerprint density at radius 3 is 2.12 bits per heavy atom. The van der Waals surface area contributed by atoms with Gasteiger partial charge in [0, 0.05) is 15.5 Å². The van der Waals surface area contributed by atoms with Gasteiger partial charge in [0.25, 0.3) is 0 Å². The highest BCUT2D eigenvalue weighted by molar-refractivity contribution is 7.99. The molecule has 0 aromatic heterocycles. The first-order valence-electron chi connectivity index (χ1n) is 5.68. The van der Waals surface area contributed by atoms with Gasteiger partial charge in [-0.15, -0.1) is 0 Å². The summed E-state index contributed by atoms with van der Waals surface area (Å²) in [6.45, 7) is 6.44. The Labute approximate surface area is 107 Å². The van der Waals surface area contributed by atoms with Gasteiger partial charge in [-0.25, -0.2) is 0 Å². The highest BCUT2D eigenvalue weighted by Gasteiger charge is 2.07. The van der Waals surface area contributed by atoms with E-state index in [1.54, 1.807) is 11.8 Å². The molecule has 0 atom stereocenters. The molecule has 0 spiro atoms. The molecule has 0 aliphatic heterocycles. The minimum atomic E-state index is 0.844. The molecule has 2 rings (SSSR count). The average Bonchev–Trinajstić information content (AvgIpc) is 2.25. The van der Waals surface area contributed by atoms with Crippen molar-refractivity contribution in [2.75, 3.05) is 5.73 Å². The fourth-order valence-electron chi connectivity index (χ4n) is 2.01.